The molecule has 0 unspecified atom stereocenters. The van der Waals surface area contributed by atoms with Crippen molar-refractivity contribution >= 4 is 21.6 Å². The number of piperidine rings is 1. The van der Waals surface area contributed by atoms with E-state index in [-0.39, 0.29) is 9.92 Å². The monoisotopic (exact) mass is 306 g/mol. The van der Waals surface area contributed by atoms with Gasteiger partial charge in [-0.3, -0.25) is 0 Å². The Hall–Kier alpha value is -0.690. The highest BCUT2D eigenvalue weighted by Crippen LogP contribution is 2.26. The van der Waals surface area contributed by atoms with E-state index in [0.717, 1.165) is 6.07 Å². The summed E-state index contributed by atoms with van der Waals surface area (Å²) in [7, 11) is -3.78. The van der Waals surface area contributed by atoms with Crippen LogP contribution >= 0.6 is 11.6 Å². The van der Waals surface area contributed by atoms with Crippen molar-refractivity contribution in [1.82, 2.24) is 4.31 Å². The van der Waals surface area contributed by atoms with Crippen LogP contribution in [0.25, 0.3) is 0 Å². The van der Waals surface area contributed by atoms with Gasteiger partial charge in [0.25, 0.3) is 0 Å². The lowest BCUT2D eigenvalue weighted by Gasteiger charge is -2.30. The molecule has 1 aliphatic rings. The second-order valence-electron chi connectivity index (χ2n) is 4.66. The molecule has 1 aromatic carbocycles. The third-order valence-electron chi connectivity index (χ3n) is 3.42. The summed E-state index contributed by atoms with van der Waals surface area (Å²) in [5.74, 6) is -0.463. The largest absolute Gasteiger partial charge is 0.330 e. The lowest BCUT2D eigenvalue weighted by atomic mass is 9.99. The summed E-state index contributed by atoms with van der Waals surface area (Å²) in [6.07, 6.45) is 1.43. The van der Waals surface area contributed by atoms with Crippen LogP contribution in [-0.4, -0.2) is 32.4 Å². The third kappa shape index (κ3) is 3.08. The molecule has 2 N–H and O–H groups in total. The van der Waals surface area contributed by atoms with Gasteiger partial charge in [-0.05, 0) is 43.5 Å². The standard InChI is InChI=1S/C12H16ClFN2O2S/c13-10-1-2-12(11(14)7-10)19(17,18)16-5-3-9(8-15)4-6-16/h1-2,7,9H,3-6,8,15H2. The molecular formula is C12H16ClFN2O2S. The van der Waals surface area contributed by atoms with E-state index in [1.807, 2.05) is 0 Å². The van der Waals surface area contributed by atoms with Crippen molar-refractivity contribution in [3.63, 3.8) is 0 Å². The molecule has 1 heterocycles. The molecule has 1 aliphatic heterocycles. The molecule has 0 aromatic heterocycles. The van der Waals surface area contributed by atoms with Gasteiger partial charge in [0.1, 0.15) is 10.7 Å². The van der Waals surface area contributed by atoms with Crippen molar-refractivity contribution in [2.45, 2.75) is 17.7 Å². The van der Waals surface area contributed by atoms with Gasteiger partial charge in [0.15, 0.2) is 0 Å². The molecule has 1 fully saturated rings. The Morgan fingerprint density at radius 2 is 2.00 bits per heavy atom. The lowest BCUT2D eigenvalue weighted by Crippen LogP contribution is -2.40. The Labute approximate surface area is 117 Å². The summed E-state index contributed by atoms with van der Waals surface area (Å²) in [5, 5.41) is 0.179. The zero-order valence-corrected chi connectivity index (χ0v) is 11.9. The zero-order chi connectivity index (χ0) is 14.0. The van der Waals surface area contributed by atoms with E-state index in [0.29, 0.717) is 38.4 Å². The summed E-state index contributed by atoms with van der Waals surface area (Å²) in [6, 6.07) is 3.60. The normalized spacial score (nSPS) is 18.7. The predicted molar refractivity (Wildman–Crippen MR) is 71.9 cm³/mol. The summed E-state index contributed by atoms with van der Waals surface area (Å²) >= 11 is 5.63. The topological polar surface area (TPSA) is 63.4 Å². The SMILES string of the molecule is NCC1CCN(S(=O)(=O)c2ccc(Cl)cc2F)CC1. The summed E-state index contributed by atoms with van der Waals surface area (Å²) in [5.41, 5.74) is 5.57. The molecule has 0 aliphatic carbocycles. The first-order valence-electron chi connectivity index (χ1n) is 6.10. The molecule has 0 bridgehead atoms. The number of halogens is 2. The van der Waals surface area contributed by atoms with Gasteiger partial charge < -0.3 is 5.73 Å². The second-order valence-corrected chi connectivity index (χ2v) is 7.00. The van der Waals surface area contributed by atoms with E-state index in [1.165, 1.54) is 16.4 Å². The van der Waals surface area contributed by atoms with Crippen LogP contribution in [0.1, 0.15) is 12.8 Å². The van der Waals surface area contributed by atoms with Crippen molar-refractivity contribution in [3.05, 3.63) is 29.0 Å². The number of hydrogen-bond acceptors (Lipinski definition) is 3. The van der Waals surface area contributed by atoms with Gasteiger partial charge in [-0.25, -0.2) is 12.8 Å². The van der Waals surface area contributed by atoms with E-state index in [9.17, 15) is 12.8 Å². The van der Waals surface area contributed by atoms with E-state index >= 15 is 0 Å². The number of benzene rings is 1. The first kappa shape index (κ1) is 14.7. The van der Waals surface area contributed by atoms with Crippen molar-refractivity contribution in [1.29, 1.82) is 0 Å². The highest BCUT2D eigenvalue weighted by molar-refractivity contribution is 7.89. The van der Waals surface area contributed by atoms with Crippen LogP contribution in [-0.2, 0) is 10.0 Å². The Kier molecular flexibility index (Phi) is 4.45. The zero-order valence-electron chi connectivity index (χ0n) is 10.4. The van der Waals surface area contributed by atoms with Crippen molar-refractivity contribution in [2.24, 2.45) is 11.7 Å². The fourth-order valence-corrected chi connectivity index (χ4v) is 3.88. The number of rotatable bonds is 3. The maximum absolute atomic E-state index is 13.7. The second kappa shape index (κ2) is 5.75. The molecule has 1 saturated heterocycles. The molecule has 106 valence electrons. The first-order chi connectivity index (χ1) is 8.95. The molecule has 1 aromatic rings. The highest BCUT2D eigenvalue weighted by atomic mass is 35.5. The average molecular weight is 307 g/mol. The van der Waals surface area contributed by atoms with E-state index in [4.69, 9.17) is 17.3 Å². The van der Waals surface area contributed by atoms with Crippen molar-refractivity contribution in [2.75, 3.05) is 19.6 Å². The molecule has 0 atom stereocenters. The Balaban J connectivity index is 2.23. The van der Waals surface area contributed by atoms with E-state index in [2.05, 4.69) is 0 Å². The van der Waals surface area contributed by atoms with Crippen LogP contribution < -0.4 is 5.73 Å². The van der Waals surface area contributed by atoms with Gasteiger partial charge in [0.2, 0.25) is 10.0 Å². The van der Waals surface area contributed by atoms with Gasteiger partial charge >= 0.3 is 0 Å². The van der Waals surface area contributed by atoms with Crippen LogP contribution in [0.15, 0.2) is 23.1 Å². The minimum atomic E-state index is -3.78. The fraction of sp³-hybridized carbons (Fsp3) is 0.500. The predicted octanol–water partition coefficient (Wildman–Crippen LogP) is 1.84. The molecule has 4 nitrogen and oxygen atoms in total. The van der Waals surface area contributed by atoms with Crippen molar-refractivity contribution < 1.29 is 12.8 Å². The fourth-order valence-electron chi connectivity index (χ4n) is 2.21. The number of nitrogens with zero attached hydrogens (tertiary/aromatic N) is 1. The van der Waals surface area contributed by atoms with Gasteiger partial charge in [-0.2, -0.15) is 4.31 Å². The van der Waals surface area contributed by atoms with Gasteiger partial charge in [0, 0.05) is 18.1 Å². The van der Waals surface area contributed by atoms with Gasteiger partial charge in [-0.15, -0.1) is 0 Å². The van der Waals surface area contributed by atoms with Crippen LogP contribution in [0.4, 0.5) is 4.39 Å². The summed E-state index contributed by atoms with van der Waals surface area (Å²) in [4.78, 5) is -0.317. The molecule has 19 heavy (non-hydrogen) atoms. The number of sulfonamides is 1. The highest BCUT2D eigenvalue weighted by Gasteiger charge is 2.30. The van der Waals surface area contributed by atoms with E-state index < -0.39 is 15.8 Å². The number of hydrogen-bond donors (Lipinski definition) is 1. The van der Waals surface area contributed by atoms with Crippen LogP contribution in [0.5, 0.6) is 0 Å². The van der Waals surface area contributed by atoms with Gasteiger partial charge in [0.05, 0.1) is 0 Å². The first-order valence-corrected chi connectivity index (χ1v) is 7.92. The quantitative estimate of drug-likeness (QED) is 0.927. The maximum atomic E-state index is 13.7. The Morgan fingerprint density at radius 1 is 1.37 bits per heavy atom. The number of nitrogens with two attached hydrogens (primary N) is 1. The van der Waals surface area contributed by atoms with E-state index in [1.54, 1.807) is 0 Å². The average Bonchev–Trinajstić information content (AvgIpc) is 2.38. The smallest absolute Gasteiger partial charge is 0.245 e. The van der Waals surface area contributed by atoms with Crippen LogP contribution in [0.3, 0.4) is 0 Å². The minimum Gasteiger partial charge on any atom is -0.330 e. The van der Waals surface area contributed by atoms with Crippen molar-refractivity contribution in [3.8, 4) is 0 Å². The molecule has 0 spiro atoms. The summed E-state index contributed by atoms with van der Waals surface area (Å²) < 4.78 is 39.7. The Morgan fingerprint density at radius 3 is 2.53 bits per heavy atom. The third-order valence-corrected chi connectivity index (χ3v) is 5.59. The maximum Gasteiger partial charge on any atom is 0.245 e. The molecular weight excluding hydrogens is 291 g/mol. The Bertz CT molecular complexity index is 557. The minimum absolute atomic E-state index is 0.179. The van der Waals surface area contributed by atoms with Crippen LogP contribution in [0, 0.1) is 11.7 Å². The van der Waals surface area contributed by atoms with Crippen LogP contribution in [0.2, 0.25) is 5.02 Å². The molecule has 0 radical (unpaired) electrons. The lowest BCUT2D eigenvalue weighted by molar-refractivity contribution is 0.278. The molecule has 2 rings (SSSR count). The molecule has 0 saturated carbocycles. The molecule has 7 heteroatoms. The molecule has 0 amide bonds. The van der Waals surface area contributed by atoms with Gasteiger partial charge in [-0.1, -0.05) is 11.6 Å². The summed E-state index contributed by atoms with van der Waals surface area (Å²) in [6.45, 7) is 1.32.